The van der Waals surface area contributed by atoms with Crippen LogP contribution < -0.4 is 0 Å². The first kappa shape index (κ1) is 73.8. The van der Waals surface area contributed by atoms with Gasteiger partial charge in [-0.1, -0.05) is 222 Å². The third-order valence-electron chi connectivity index (χ3n) is 7.56. The summed E-state index contributed by atoms with van der Waals surface area (Å²) in [5.74, 6) is 9.05. The van der Waals surface area contributed by atoms with Gasteiger partial charge in [-0.3, -0.25) is 4.98 Å². The maximum atomic E-state index is 3.78. The number of aromatic nitrogens is 1. The first-order valence-corrected chi connectivity index (χ1v) is 24.7. The molecule has 2 aromatic rings. The molecule has 3 unspecified atom stereocenters. The number of hydrogen-bond acceptors (Lipinski definition) is 2. The van der Waals surface area contributed by atoms with Crippen molar-refractivity contribution in [3.63, 3.8) is 0 Å². The minimum atomic E-state index is 0.749. The van der Waals surface area contributed by atoms with Crippen molar-refractivity contribution in [2.24, 2.45) is 59.2 Å². The monoisotopic (exact) mass is 819 g/mol. The number of rotatable bonds is 4. The van der Waals surface area contributed by atoms with Crippen LogP contribution >= 0.6 is 0 Å². The fraction of sp³-hybridized carbons (Fsp3) is 0.804. The lowest BCUT2D eigenvalue weighted by Gasteiger charge is -2.21. The summed E-state index contributed by atoms with van der Waals surface area (Å²) in [6.45, 7) is 63.4. The zero-order valence-electron chi connectivity index (χ0n) is 45.8. The summed E-state index contributed by atoms with van der Waals surface area (Å²) in [4.78, 5) is 6.37. The van der Waals surface area contributed by atoms with E-state index in [1.807, 2.05) is 110 Å². The van der Waals surface area contributed by atoms with Gasteiger partial charge in [0.15, 0.2) is 0 Å². The Balaban J connectivity index is -0.0000000827. The van der Waals surface area contributed by atoms with Crippen LogP contribution in [0.5, 0.6) is 0 Å². The summed E-state index contributed by atoms with van der Waals surface area (Å²) in [6, 6.07) is 18.5. The summed E-state index contributed by atoms with van der Waals surface area (Å²) in [6.07, 6.45) is 9.38. The quantitative estimate of drug-likeness (QED) is 0.305. The molecule has 4 rings (SSSR count). The Hall–Kier alpha value is -1.67. The van der Waals surface area contributed by atoms with Crippen LogP contribution in [0.4, 0.5) is 0 Å². The molecule has 1 saturated heterocycles. The number of benzene rings is 1. The minimum absolute atomic E-state index is 0.749. The molecule has 3 atom stereocenters. The highest BCUT2D eigenvalue weighted by atomic mass is 15.2. The van der Waals surface area contributed by atoms with Crippen molar-refractivity contribution in [1.29, 1.82) is 0 Å². The molecule has 0 bridgehead atoms. The second kappa shape index (κ2) is 59.6. The van der Waals surface area contributed by atoms with Crippen molar-refractivity contribution in [2.45, 2.75) is 226 Å². The van der Waals surface area contributed by atoms with E-state index in [0.29, 0.717) is 0 Å². The summed E-state index contributed by atoms with van der Waals surface area (Å²) in [7, 11) is 0. The number of hydrogen-bond donors (Lipinski definition) is 0. The van der Waals surface area contributed by atoms with E-state index in [1.165, 1.54) is 38.8 Å². The highest BCUT2D eigenvalue weighted by Gasteiger charge is 2.28. The van der Waals surface area contributed by atoms with Crippen LogP contribution in [0, 0.1) is 59.2 Å². The number of pyridine rings is 1. The van der Waals surface area contributed by atoms with Crippen molar-refractivity contribution in [3.05, 3.63) is 67.0 Å². The van der Waals surface area contributed by atoms with Crippen LogP contribution in [-0.4, -0.2) is 29.0 Å². The van der Waals surface area contributed by atoms with Crippen molar-refractivity contribution in [1.82, 2.24) is 9.88 Å². The lowest BCUT2D eigenvalue weighted by atomic mass is 9.89. The van der Waals surface area contributed by atoms with Gasteiger partial charge < -0.3 is 4.90 Å². The largest absolute Gasteiger partial charge is 0.301 e. The molecule has 1 aliphatic carbocycles. The molecule has 0 N–H and O–H groups in total. The van der Waals surface area contributed by atoms with Gasteiger partial charge in [-0.2, -0.15) is 0 Å². The second-order valence-corrected chi connectivity index (χ2v) is 18.3. The Morgan fingerprint density at radius 1 is 0.362 bits per heavy atom. The topological polar surface area (TPSA) is 16.1 Å². The molecule has 58 heavy (non-hydrogen) atoms. The van der Waals surface area contributed by atoms with Gasteiger partial charge in [-0.05, 0) is 117 Å². The number of nitrogens with zero attached hydrogens (tertiary/aromatic N) is 2. The molecular formula is C56H118N2. The van der Waals surface area contributed by atoms with Crippen LogP contribution in [-0.2, 0) is 0 Å². The molecule has 2 heterocycles. The zero-order valence-corrected chi connectivity index (χ0v) is 45.8. The molecule has 1 saturated carbocycles. The van der Waals surface area contributed by atoms with E-state index in [0.717, 1.165) is 65.2 Å². The lowest BCUT2D eigenvalue weighted by molar-refractivity contribution is 0.253. The second-order valence-electron chi connectivity index (χ2n) is 18.3. The molecule has 1 aliphatic heterocycles. The summed E-state index contributed by atoms with van der Waals surface area (Å²) in [5, 5.41) is 0. The Kier molecular flexibility index (Phi) is 75.9. The van der Waals surface area contributed by atoms with Gasteiger partial charge >= 0.3 is 0 Å². The van der Waals surface area contributed by atoms with Gasteiger partial charge in [0.1, 0.15) is 0 Å². The van der Waals surface area contributed by atoms with Gasteiger partial charge in [-0.25, -0.2) is 0 Å². The van der Waals surface area contributed by atoms with Crippen LogP contribution in [0.3, 0.4) is 0 Å². The minimum Gasteiger partial charge on any atom is -0.301 e. The molecule has 0 amide bonds. The third-order valence-corrected chi connectivity index (χ3v) is 7.56. The zero-order chi connectivity index (χ0) is 47.7. The van der Waals surface area contributed by atoms with Gasteiger partial charge in [0.2, 0.25) is 0 Å². The molecular weight excluding hydrogens is 701 g/mol. The molecule has 2 aliphatic rings. The smallest absolute Gasteiger partial charge is 0.0267 e. The van der Waals surface area contributed by atoms with Gasteiger partial charge in [-0.15, -0.1) is 0 Å². The van der Waals surface area contributed by atoms with Crippen LogP contribution in [0.1, 0.15) is 220 Å². The predicted octanol–water partition coefficient (Wildman–Crippen LogP) is 19.6. The fourth-order valence-electron chi connectivity index (χ4n) is 4.79. The highest BCUT2D eigenvalue weighted by molar-refractivity contribution is 4.99. The predicted molar refractivity (Wildman–Crippen MR) is 278 cm³/mol. The molecule has 1 aromatic heterocycles. The molecule has 2 nitrogen and oxygen atoms in total. The van der Waals surface area contributed by atoms with Crippen molar-refractivity contribution >= 4 is 0 Å². The van der Waals surface area contributed by atoms with E-state index in [9.17, 15) is 0 Å². The van der Waals surface area contributed by atoms with E-state index >= 15 is 0 Å². The number of likely N-dealkylation sites (tertiary alicyclic amines) is 1. The summed E-state index contributed by atoms with van der Waals surface area (Å²) >= 11 is 0. The average Bonchev–Trinajstić information content (AvgIpc) is 3.89. The molecule has 2 fully saturated rings. The first-order chi connectivity index (χ1) is 27.1. The standard InChI is InChI=1S/C11H22.C10H21N.C6H6.C5H5N.4C4H10.4C2H6/c2*1-8(2)10-5-6-11(7-10)9(3)4;2*1-2-4-6-5-3-1;4*1-4(2)3;4*1-2/h8-11H,5-7H2,1-4H3;8-10H,5-7H2,1-4H3;1-6H;1-5H;4*4H,1-3H3;4*1-2H3. The van der Waals surface area contributed by atoms with Crippen LogP contribution in [0.25, 0.3) is 0 Å². The first-order valence-electron chi connectivity index (χ1n) is 24.7. The normalized spacial score (nSPS) is 15.8. The maximum Gasteiger partial charge on any atom is 0.0267 e. The van der Waals surface area contributed by atoms with Crippen molar-refractivity contribution in [2.75, 3.05) is 13.1 Å². The fourth-order valence-corrected chi connectivity index (χ4v) is 4.79. The van der Waals surface area contributed by atoms with Crippen LogP contribution in [0.15, 0.2) is 67.0 Å². The lowest BCUT2D eigenvalue weighted by Crippen LogP contribution is -2.28. The van der Waals surface area contributed by atoms with Gasteiger partial charge in [0, 0.05) is 25.0 Å². The Bertz CT molecular complexity index is 677. The maximum absolute atomic E-state index is 3.78. The molecule has 2 heteroatoms. The van der Waals surface area contributed by atoms with Gasteiger partial charge in [0.05, 0.1) is 0 Å². The Morgan fingerprint density at radius 2 is 0.603 bits per heavy atom. The van der Waals surface area contributed by atoms with E-state index in [2.05, 4.69) is 148 Å². The van der Waals surface area contributed by atoms with E-state index in [1.54, 1.807) is 12.4 Å². The van der Waals surface area contributed by atoms with Gasteiger partial charge in [0.25, 0.3) is 0 Å². The van der Waals surface area contributed by atoms with E-state index < -0.39 is 0 Å². The highest BCUT2D eigenvalue weighted by Crippen LogP contribution is 2.39. The van der Waals surface area contributed by atoms with Crippen LogP contribution in [0.2, 0.25) is 0 Å². The SMILES string of the molecule is CC.CC.CC.CC.CC(C)C.CC(C)C.CC(C)C.CC(C)C.CC(C)C1CCC(C(C)C)C1.CC(C)C1CCN(C(C)C)C1.c1ccccc1.c1ccncc1. The summed E-state index contributed by atoms with van der Waals surface area (Å²) in [5.41, 5.74) is 0. The Labute approximate surface area is 373 Å². The molecule has 352 valence electrons. The van der Waals surface area contributed by atoms with Crippen molar-refractivity contribution in [3.8, 4) is 0 Å². The third kappa shape index (κ3) is 78.6. The van der Waals surface area contributed by atoms with Crippen molar-refractivity contribution < 1.29 is 0 Å². The summed E-state index contributed by atoms with van der Waals surface area (Å²) < 4.78 is 0. The van der Waals surface area contributed by atoms with E-state index in [-0.39, 0.29) is 0 Å². The molecule has 1 aromatic carbocycles. The van der Waals surface area contributed by atoms with E-state index in [4.69, 9.17) is 0 Å². The Morgan fingerprint density at radius 3 is 0.724 bits per heavy atom. The molecule has 0 radical (unpaired) electrons. The molecule has 0 spiro atoms. The average molecular weight is 820 g/mol.